The van der Waals surface area contributed by atoms with E-state index in [1.165, 1.54) is 0 Å². The van der Waals surface area contributed by atoms with Crippen molar-refractivity contribution in [1.29, 1.82) is 0 Å². The lowest BCUT2D eigenvalue weighted by atomic mass is 10.0. The Balaban J connectivity index is 1.59. The first-order valence-electron chi connectivity index (χ1n) is 12.3. The van der Waals surface area contributed by atoms with Crippen LogP contribution in [-0.2, 0) is 0 Å². The van der Waals surface area contributed by atoms with Gasteiger partial charge < -0.3 is 19.9 Å². The van der Waals surface area contributed by atoms with Crippen molar-refractivity contribution in [2.75, 3.05) is 65.0 Å². The number of rotatable bonds is 9. The second-order valence-electron chi connectivity index (χ2n) is 9.19. The van der Waals surface area contributed by atoms with E-state index in [0.29, 0.717) is 18.3 Å². The van der Waals surface area contributed by atoms with Crippen LogP contribution >= 0.6 is 11.6 Å². The number of anilines is 2. The molecule has 1 saturated heterocycles. The summed E-state index contributed by atoms with van der Waals surface area (Å²) in [5.74, 6) is 1.76. The van der Waals surface area contributed by atoms with Crippen molar-refractivity contribution in [1.82, 2.24) is 29.7 Å². The van der Waals surface area contributed by atoms with Crippen molar-refractivity contribution >= 4 is 28.8 Å². The Labute approximate surface area is 217 Å². The first kappa shape index (κ1) is 24.5. The number of benzene rings is 2. The fourth-order valence-corrected chi connectivity index (χ4v) is 4.58. The number of hydrogen-bond acceptors (Lipinski definition) is 7. The van der Waals surface area contributed by atoms with Crippen LogP contribution in [0.1, 0.15) is 0 Å². The number of fused-ring (bicyclic) bond motifs is 1. The molecule has 0 radical (unpaired) electrons. The van der Waals surface area contributed by atoms with Crippen LogP contribution in [0.25, 0.3) is 16.8 Å². The lowest BCUT2D eigenvalue weighted by Crippen LogP contribution is -2.47. The van der Waals surface area contributed by atoms with Gasteiger partial charge in [-0.3, -0.25) is 4.90 Å². The van der Waals surface area contributed by atoms with Gasteiger partial charge in [0.2, 0.25) is 0 Å². The van der Waals surface area contributed by atoms with Crippen LogP contribution in [-0.4, -0.2) is 84.5 Å². The molecule has 0 aliphatic carbocycles. The average molecular weight is 506 g/mol. The largest absolute Gasteiger partial charge is 0.490 e. The second kappa shape index (κ2) is 11.3. The molecule has 2 aromatic carbocycles. The third-order valence-corrected chi connectivity index (χ3v) is 6.54. The third kappa shape index (κ3) is 5.63. The predicted octanol–water partition coefficient (Wildman–Crippen LogP) is 3.99. The number of nitrogens with one attached hydrogen (secondary N) is 1. The smallest absolute Gasteiger partial charge is 0.157 e. The van der Waals surface area contributed by atoms with E-state index in [0.717, 1.165) is 66.8 Å². The van der Waals surface area contributed by atoms with Crippen molar-refractivity contribution in [2.45, 2.75) is 0 Å². The summed E-state index contributed by atoms with van der Waals surface area (Å²) in [4.78, 5) is 11.3. The zero-order valence-electron chi connectivity index (χ0n) is 20.8. The minimum Gasteiger partial charge on any atom is -0.490 e. The maximum absolute atomic E-state index is 6.43. The van der Waals surface area contributed by atoms with Crippen LogP contribution in [0.2, 0.25) is 5.02 Å². The first-order valence-corrected chi connectivity index (χ1v) is 12.6. The molecule has 1 aliphatic rings. The maximum atomic E-state index is 6.43. The molecule has 0 atom stereocenters. The molecule has 2 aromatic heterocycles. The van der Waals surface area contributed by atoms with E-state index < -0.39 is 0 Å². The van der Waals surface area contributed by atoms with Gasteiger partial charge in [-0.15, -0.1) is 0 Å². The summed E-state index contributed by atoms with van der Waals surface area (Å²) in [6.07, 6.45) is 3.62. The van der Waals surface area contributed by atoms with E-state index in [4.69, 9.17) is 16.3 Å². The SMILES string of the molecule is CN(C)CCOc1cc(-c2cccc(Cl)c2)ccc1N(CN1CCNCC1)c1ccnc2ccnn12. The average Bonchev–Trinajstić information content (AvgIpc) is 3.37. The van der Waals surface area contributed by atoms with Gasteiger partial charge in [-0.2, -0.15) is 9.61 Å². The molecule has 0 saturated carbocycles. The standard InChI is InChI=1S/C27H32ClN7O/c1-32(2)16-17-36-25-19-22(21-4-3-5-23(28)18-21)6-7-24(25)34(20-33-14-12-29-13-15-33)27-9-10-30-26-8-11-31-35(26)27/h3-11,18-19,29H,12-17,20H2,1-2H3. The van der Waals surface area contributed by atoms with Gasteiger partial charge >= 0.3 is 0 Å². The van der Waals surface area contributed by atoms with Crippen LogP contribution in [0, 0.1) is 0 Å². The molecule has 188 valence electrons. The molecule has 9 heteroatoms. The molecule has 1 fully saturated rings. The van der Waals surface area contributed by atoms with Gasteiger partial charge in [0, 0.05) is 50.0 Å². The molecule has 4 aromatic rings. The molecule has 1 aliphatic heterocycles. The molecule has 8 nitrogen and oxygen atoms in total. The monoisotopic (exact) mass is 505 g/mol. The van der Waals surface area contributed by atoms with Crippen LogP contribution in [0.15, 0.2) is 67.0 Å². The molecule has 0 spiro atoms. The number of halogens is 1. The van der Waals surface area contributed by atoms with Gasteiger partial charge in [0.1, 0.15) is 18.2 Å². The number of hydrogen-bond donors (Lipinski definition) is 1. The van der Waals surface area contributed by atoms with Gasteiger partial charge in [-0.05, 0) is 55.6 Å². The summed E-state index contributed by atoms with van der Waals surface area (Å²) in [5.41, 5.74) is 3.91. The van der Waals surface area contributed by atoms with Crippen LogP contribution < -0.4 is 15.0 Å². The summed E-state index contributed by atoms with van der Waals surface area (Å²) in [5, 5.41) is 8.73. The van der Waals surface area contributed by atoms with E-state index in [9.17, 15) is 0 Å². The van der Waals surface area contributed by atoms with Gasteiger partial charge in [0.15, 0.2) is 5.65 Å². The van der Waals surface area contributed by atoms with Crippen molar-refractivity contribution in [3.8, 4) is 16.9 Å². The quantitative estimate of drug-likeness (QED) is 0.369. The van der Waals surface area contributed by atoms with E-state index in [1.54, 1.807) is 6.20 Å². The highest BCUT2D eigenvalue weighted by molar-refractivity contribution is 6.30. The second-order valence-corrected chi connectivity index (χ2v) is 9.62. The predicted molar refractivity (Wildman–Crippen MR) is 145 cm³/mol. The van der Waals surface area contributed by atoms with Crippen LogP contribution in [0.4, 0.5) is 11.5 Å². The van der Waals surface area contributed by atoms with E-state index in [-0.39, 0.29) is 0 Å². The molecule has 1 N–H and O–H groups in total. The van der Waals surface area contributed by atoms with Gasteiger partial charge in [0.05, 0.1) is 18.6 Å². The van der Waals surface area contributed by atoms with Crippen molar-refractivity contribution in [3.05, 3.63) is 72.0 Å². The van der Waals surface area contributed by atoms with Gasteiger partial charge in [-0.1, -0.05) is 29.8 Å². The fourth-order valence-electron chi connectivity index (χ4n) is 4.39. The van der Waals surface area contributed by atoms with E-state index in [2.05, 4.69) is 68.5 Å². The van der Waals surface area contributed by atoms with E-state index >= 15 is 0 Å². The Morgan fingerprint density at radius 2 is 1.83 bits per heavy atom. The Morgan fingerprint density at radius 1 is 1.00 bits per heavy atom. The van der Waals surface area contributed by atoms with Crippen LogP contribution in [0.5, 0.6) is 5.75 Å². The number of piperazine rings is 1. The molecule has 5 rings (SSSR count). The summed E-state index contributed by atoms with van der Waals surface area (Å²) in [7, 11) is 4.10. The maximum Gasteiger partial charge on any atom is 0.157 e. The summed E-state index contributed by atoms with van der Waals surface area (Å²) >= 11 is 6.30. The normalized spacial score (nSPS) is 14.4. The Bertz CT molecular complexity index is 1300. The van der Waals surface area contributed by atoms with Crippen LogP contribution in [0.3, 0.4) is 0 Å². The minimum atomic E-state index is 0.577. The molecule has 36 heavy (non-hydrogen) atoms. The van der Waals surface area contributed by atoms with Crippen molar-refractivity contribution in [2.24, 2.45) is 0 Å². The van der Waals surface area contributed by atoms with Gasteiger partial charge in [-0.25, -0.2) is 4.98 Å². The zero-order chi connectivity index (χ0) is 24.9. The molecule has 0 amide bonds. The molecular formula is C27H32ClN7O. The Hall–Kier alpha value is -3.17. The number of ether oxygens (including phenoxy) is 1. The Kier molecular flexibility index (Phi) is 7.67. The van der Waals surface area contributed by atoms with Gasteiger partial charge in [0.25, 0.3) is 0 Å². The highest BCUT2D eigenvalue weighted by atomic mass is 35.5. The number of likely N-dealkylation sites (N-methyl/N-ethyl adjacent to an activating group) is 1. The third-order valence-electron chi connectivity index (χ3n) is 6.30. The molecule has 0 unspecified atom stereocenters. The highest BCUT2D eigenvalue weighted by Crippen LogP contribution is 2.38. The molecular weight excluding hydrogens is 474 g/mol. The first-order chi connectivity index (χ1) is 17.6. The topological polar surface area (TPSA) is 61.2 Å². The molecule has 3 heterocycles. The summed E-state index contributed by atoms with van der Waals surface area (Å²) in [6.45, 7) is 6.00. The highest BCUT2D eigenvalue weighted by Gasteiger charge is 2.22. The number of aromatic nitrogens is 3. The van der Waals surface area contributed by atoms with Crippen molar-refractivity contribution < 1.29 is 4.74 Å². The van der Waals surface area contributed by atoms with E-state index in [1.807, 2.05) is 41.0 Å². The zero-order valence-corrected chi connectivity index (χ0v) is 21.5. The molecule has 0 bridgehead atoms. The minimum absolute atomic E-state index is 0.577. The number of nitrogens with zero attached hydrogens (tertiary/aromatic N) is 6. The fraction of sp³-hybridized carbons (Fsp3) is 0.333. The van der Waals surface area contributed by atoms with Crippen molar-refractivity contribution in [3.63, 3.8) is 0 Å². The Morgan fingerprint density at radius 3 is 2.64 bits per heavy atom. The summed E-state index contributed by atoms with van der Waals surface area (Å²) < 4.78 is 8.32. The lowest BCUT2D eigenvalue weighted by Gasteiger charge is -2.35. The summed E-state index contributed by atoms with van der Waals surface area (Å²) in [6, 6.07) is 18.2. The lowest BCUT2D eigenvalue weighted by molar-refractivity contribution is 0.242.